The van der Waals surface area contributed by atoms with Gasteiger partial charge in [-0.25, -0.2) is 0 Å². The Labute approximate surface area is 97.4 Å². The summed E-state index contributed by atoms with van der Waals surface area (Å²) >= 11 is 1.51. The first-order valence-corrected chi connectivity index (χ1v) is 7.13. The van der Waals surface area contributed by atoms with Crippen molar-refractivity contribution in [2.24, 2.45) is 23.2 Å². The molecule has 0 aliphatic heterocycles. The van der Waals surface area contributed by atoms with Gasteiger partial charge in [-0.15, -0.1) is 0 Å². The molecule has 3 fully saturated rings. The van der Waals surface area contributed by atoms with Gasteiger partial charge in [0.1, 0.15) is 0 Å². The molecule has 3 atom stereocenters. The largest absolute Gasteiger partial charge is 0.288 e. The second kappa shape index (κ2) is 4.12. The van der Waals surface area contributed by atoms with Crippen molar-refractivity contribution in [3.05, 3.63) is 0 Å². The van der Waals surface area contributed by atoms with Crippen LogP contribution in [0.3, 0.4) is 0 Å². The van der Waals surface area contributed by atoms with Crippen molar-refractivity contribution in [3.63, 3.8) is 0 Å². The predicted octanol–water partition coefficient (Wildman–Crippen LogP) is 3.73. The van der Waals surface area contributed by atoms with Crippen LogP contribution in [-0.4, -0.2) is 10.9 Å². The highest BCUT2D eigenvalue weighted by Crippen LogP contribution is 2.62. The standard InChI is InChI=1S/C13H22OS/c1-9(14)15-7-6-10-4-5-11-8-12(10)13(11,2)3/h10-12H,4-8H2,1-3H3/t10-,11-,12-/m0/s1. The highest BCUT2D eigenvalue weighted by molar-refractivity contribution is 8.13. The summed E-state index contributed by atoms with van der Waals surface area (Å²) in [5.41, 5.74) is 0.601. The summed E-state index contributed by atoms with van der Waals surface area (Å²) in [6.07, 6.45) is 5.56. The maximum Gasteiger partial charge on any atom is 0.185 e. The van der Waals surface area contributed by atoms with Gasteiger partial charge in [-0.2, -0.15) is 0 Å². The van der Waals surface area contributed by atoms with Gasteiger partial charge in [0, 0.05) is 12.7 Å². The first-order valence-electron chi connectivity index (χ1n) is 6.15. The molecule has 15 heavy (non-hydrogen) atoms. The summed E-state index contributed by atoms with van der Waals surface area (Å²) in [6.45, 7) is 6.56. The lowest BCUT2D eigenvalue weighted by atomic mass is 9.45. The molecule has 0 amide bonds. The molecule has 0 saturated heterocycles. The fraction of sp³-hybridized carbons (Fsp3) is 0.923. The Morgan fingerprint density at radius 3 is 2.67 bits per heavy atom. The van der Waals surface area contributed by atoms with E-state index < -0.39 is 0 Å². The Kier molecular flexibility index (Phi) is 3.16. The number of hydrogen-bond donors (Lipinski definition) is 0. The Bertz CT molecular complexity index is 257. The van der Waals surface area contributed by atoms with Gasteiger partial charge in [0.15, 0.2) is 5.12 Å². The van der Waals surface area contributed by atoms with E-state index in [9.17, 15) is 4.79 Å². The Hall–Kier alpha value is 0.0200. The lowest BCUT2D eigenvalue weighted by Gasteiger charge is -2.60. The van der Waals surface area contributed by atoms with Gasteiger partial charge in [0.05, 0.1) is 0 Å². The molecule has 1 nitrogen and oxygen atoms in total. The molecule has 0 spiro atoms. The monoisotopic (exact) mass is 226 g/mol. The van der Waals surface area contributed by atoms with E-state index >= 15 is 0 Å². The zero-order chi connectivity index (χ0) is 11.1. The molecule has 0 aromatic carbocycles. The highest BCUT2D eigenvalue weighted by atomic mass is 32.2. The molecule has 0 radical (unpaired) electrons. The smallest absolute Gasteiger partial charge is 0.185 e. The van der Waals surface area contributed by atoms with Crippen LogP contribution < -0.4 is 0 Å². The van der Waals surface area contributed by atoms with Crippen molar-refractivity contribution in [3.8, 4) is 0 Å². The number of rotatable bonds is 3. The SMILES string of the molecule is CC(=O)SCC[C@@H]1CC[C@H]2C[C@@H]1C2(C)C. The van der Waals surface area contributed by atoms with Crippen LogP contribution in [0.5, 0.6) is 0 Å². The zero-order valence-electron chi connectivity index (χ0n) is 10.1. The molecule has 0 aromatic rings. The van der Waals surface area contributed by atoms with Crippen LogP contribution >= 0.6 is 11.8 Å². The minimum Gasteiger partial charge on any atom is -0.288 e. The normalized spacial score (nSPS) is 37.1. The molecule has 0 aromatic heterocycles. The minimum atomic E-state index is 0.275. The average Bonchev–Trinajstić information content (AvgIpc) is 2.17. The quantitative estimate of drug-likeness (QED) is 0.729. The lowest BCUT2D eigenvalue weighted by molar-refractivity contribution is -0.109. The summed E-state index contributed by atoms with van der Waals surface area (Å²) in [5, 5.41) is 0.275. The third-order valence-electron chi connectivity index (χ3n) is 4.80. The minimum absolute atomic E-state index is 0.275. The molecule has 86 valence electrons. The van der Waals surface area contributed by atoms with Crippen LogP contribution in [0.1, 0.15) is 46.5 Å². The molecular weight excluding hydrogens is 204 g/mol. The molecule has 0 heterocycles. The van der Waals surface area contributed by atoms with E-state index in [1.165, 1.54) is 37.4 Å². The topological polar surface area (TPSA) is 17.1 Å². The number of thioether (sulfide) groups is 1. The molecule has 0 N–H and O–H groups in total. The van der Waals surface area contributed by atoms with Crippen molar-refractivity contribution < 1.29 is 4.79 Å². The van der Waals surface area contributed by atoms with Crippen LogP contribution in [0.2, 0.25) is 0 Å². The molecule has 2 bridgehead atoms. The Morgan fingerprint density at radius 1 is 1.40 bits per heavy atom. The van der Waals surface area contributed by atoms with Gasteiger partial charge < -0.3 is 0 Å². The summed E-state index contributed by atoms with van der Waals surface area (Å²) in [7, 11) is 0. The van der Waals surface area contributed by atoms with E-state index in [0.29, 0.717) is 5.41 Å². The number of carbonyl (C=O) groups is 1. The van der Waals surface area contributed by atoms with Gasteiger partial charge in [-0.3, -0.25) is 4.79 Å². The first-order chi connectivity index (χ1) is 7.01. The molecule has 3 rings (SSSR count). The van der Waals surface area contributed by atoms with Crippen LogP contribution in [0, 0.1) is 23.2 Å². The van der Waals surface area contributed by atoms with E-state index in [0.717, 1.165) is 23.5 Å². The van der Waals surface area contributed by atoms with Gasteiger partial charge in [-0.05, 0) is 48.9 Å². The van der Waals surface area contributed by atoms with E-state index in [1.54, 1.807) is 6.92 Å². The fourth-order valence-corrected chi connectivity index (χ4v) is 4.37. The van der Waals surface area contributed by atoms with Crippen molar-refractivity contribution >= 4 is 16.9 Å². The van der Waals surface area contributed by atoms with Crippen LogP contribution in [0.15, 0.2) is 0 Å². The zero-order valence-corrected chi connectivity index (χ0v) is 10.9. The third kappa shape index (κ3) is 2.11. The molecule has 0 unspecified atom stereocenters. The number of carbonyl (C=O) groups excluding carboxylic acids is 1. The molecule has 3 aliphatic carbocycles. The molecule has 3 saturated carbocycles. The van der Waals surface area contributed by atoms with Gasteiger partial charge in [0.25, 0.3) is 0 Å². The fourth-order valence-electron chi connectivity index (χ4n) is 3.66. The predicted molar refractivity (Wildman–Crippen MR) is 65.9 cm³/mol. The average molecular weight is 226 g/mol. The summed E-state index contributed by atoms with van der Waals surface area (Å²) in [6, 6.07) is 0. The lowest BCUT2D eigenvalue weighted by Crippen LogP contribution is -2.52. The van der Waals surface area contributed by atoms with Crippen LogP contribution in [-0.2, 0) is 4.79 Å². The Balaban J connectivity index is 1.81. The summed E-state index contributed by atoms with van der Waals surface area (Å²) < 4.78 is 0. The molecule has 2 heteroatoms. The van der Waals surface area contributed by atoms with E-state index in [4.69, 9.17) is 0 Å². The number of hydrogen-bond acceptors (Lipinski definition) is 2. The van der Waals surface area contributed by atoms with Crippen molar-refractivity contribution in [1.29, 1.82) is 0 Å². The number of fused-ring (bicyclic) bond motifs is 2. The van der Waals surface area contributed by atoms with E-state index in [-0.39, 0.29) is 5.12 Å². The van der Waals surface area contributed by atoms with E-state index in [2.05, 4.69) is 13.8 Å². The van der Waals surface area contributed by atoms with Gasteiger partial charge in [0.2, 0.25) is 0 Å². The van der Waals surface area contributed by atoms with Crippen molar-refractivity contribution in [1.82, 2.24) is 0 Å². The summed E-state index contributed by atoms with van der Waals surface area (Å²) in [4.78, 5) is 10.9. The summed E-state index contributed by atoms with van der Waals surface area (Å²) in [5.74, 6) is 3.89. The molecule has 3 aliphatic rings. The third-order valence-corrected chi connectivity index (χ3v) is 5.64. The van der Waals surface area contributed by atoms with Gasteiger partial charge in [-0.1, -0.05) is 25.6 Å². The van der Waals surface area contributed by atoms with Crippen LogP contribution in [0.4, 0.5) is 0 Å². The van der Waals surface area contributed by atoms with E-state index in [1.807, 2.05) is 0 Å². The van der Waals surface area contributed by atoms with Gasteiger partial charge >= 0.3 is 0 Å². The maximum atomic E-state index is 10.9. The second-order valence-electron chi connectivity index (χ2n) is 5.83. The maximum absolute atomic E-state index is 10.9. The molecular formula is C13H22OS. The van der Waals surface area contributed by atoms with Crippen molar-refractivity contribution in [2.45, 2.75) is 46.5 Å². The highest BCUT2D eigenvalue weighted by Gasteiger charge is 2.53. The second-order valence-corrected chi connectivity index (χ2v) is 7.10. The van der Waals surface area contributed by atoms with Crippen molar-refractivity contribution in [2.75, 3.05) is 5.75 Å². The Morgan fingerprint density at radius 2 is 2.13 bits per heavy atom. The van der Waals surface area contributed by atoms with Crippen LogP contribution in [0.25, 0.3) is 0 Å². The first kappa shape index (κ1) is 11.5.